The Labute approximate surface area is 203 Å². The number of aromatic nitrogens is 2. The monoisotopic (exact) mass is 471 g/mol. The number of imidazole rings is 1. The zero-order valence-electron chi connectivity index (χ0n) is 19.5. The minimum absolute atomic E-state index is 0.381. The fourth-order valence-corrected chi connectivity index (χ4v) is 3.92. The topological polar surface area (TPSA) is 124 Å². The molecule has 0 saturated carbocycles. The predicted molar refractivity (Wildman–Crippen MR) is 135 cm³/mol. The molecule has 8 heteroatoms. The lowest BCUT2D eigenvalue weighted by Crippen LogP contribution is -2.50. The van der Waals surface area contributed by atoms with Crippen LogP contribution in [-0.4, -0.2) is 33.0 Å². The van der Waals surface area contributed by atoms with Crippen LogP contribution in [0.3, 0.4) is 0 Å². The van der Waals surface area contributed by atoms with E-state index in [1.54, 1.807) is 60.9 Å². The van der Waals surface area contributed by atoms with E-state index in [9.17, 15) is 14.7 Å². The van der Waals surface area contributed by atoms with E-state index < -0.39 is 24.0 Å². The lowest BCUT2D eigenvalue weighted by Gasteiger charge is -2.27. The summed E-state index contributed by atoms with van der Waals surface area (Å²) in [5, 5.41) is 14.8. The molecule has 0 radical (unpaired) electrons. The average molecular weight is 472 g/mol. The van der Waals surface area contributed by atoms with Crippen LogP contribution in [0, 0.1) is 0 Å². The van der Waals surface area contributed by atoms with Gasteiger partial charge in [0.15, 0.2) is 6.10 Å². The summed E-state index contributed by atoms with van der Waals surface area (Å²) in [6, 6.07) is 20.3. The number of hydrogen-bond donors (Lipinski definition) is 4. The van der Waals surface area contributed by atoms with Gasteiger partial charge >= 0.3 is 0 Å². The van der Waals surface area contributed by atoms with Crippen LogP contribution in [-0.2, 0) is 11.2 Å². The van der Waals surface area contributed by atoms with Gasteiger partial charge in [0.05, 0.1) is 29.1 Å². The van der Waals surface area contributed by atoms with Crippen molar-refractivity contribution in [3.8, 4) is 0 Å². The third-order valence-electron chi connectivity index (χ3n) is 5.97. The molecule has 8 nitrogen and oxygen atoms in total. The molecule has 4 aromatic rings. The number of nitrogens with two attached hydrogens (primary N) is 1. The lowest BCUT2D eigenvalue weighted by molar-refractivity contribution is -0.128. The summed E-state index contributed by atoms with van der Waals surface area (Å²) in [4.78, 5) is 33.3. The molecule has 4 rings (SSSR count). The minimum Gasteiger partial charge on any atom is -0.381 e. The highest BCUT2D eigenvalue weighted by molar-refractivity contribution is 5.99. The number of rotatable bonds is 9. The highest BCUT2D eigenvalue weighted by Gasteiger charge is 2.32. The van der Waals surface area contributed by atoms with E-state index in [1.807, 2.05) is 18.2 Å². The second kappa shape index (κ2) is 10.9. The number of nitrogens with one attached hydrogen (secondary N) is 2. The van der Waals surface area contributed by atoms with Gasteiger partial charge < -0.3 is 15.4 Å². The van der Waals surface area contributed by atoms with Crippen molar-refractivity contribution in [1.82, 2.24) is 15.3 Å². The van der Waals surface area contributed by atoms with Gasteiger partial charge in [0.1, 0.15) is 0 Å². The molecule has 0 aliphatic heterocycles. The van der Waals surface area contributed by atoms with Crippen molar-refractivity contribution in [2.45, 2.75) is 38.3 Å². The Kier molecular flexibility index (Phi) is 7.54. The number of aromatic amines is 1. The van der Waals surface area contributed by atoms with Gasteiger partial charge in [-0.1, -0.05) is 55.8 Å². The number of amides is 2. The highest BCUT2D eigenvalue weighted by atomic mass is 16.3. The van der Waals surface area contributed by atoms with Gasteiger partial charge in [-0.3, -0.25) is 9.59 Å². The van der Waals surface area contributed by atoms with Crippen LogP contribution in [0.25, 0.3) is 11.0 Å². The van der Waals surface area contributed by atoms with E-state index in [-0.39, 0.29) is 0 Å². The van der Waals surface area contributed by atoms with Crippen LogP contribution in [0.1, 0.15) is 47.3 Å². The van der Waals surface area contributed by atoms with Crippen molar-refractivity contribution in [3.05, 3.63) is 95.8 Å². The minimum atomic E-state index is -1.62. The summed E-state index contributed by atoms with van der Waals surface area (Å²) >= 11 is 0. The van der Waals surface area contributed by atoms with E-state index in [0.717, 1.165) is 35.4 Å². The van der Waals surface area contributed by atoms with Gasteiger partial charge in [-0.25, -0.2) is 15.8 Å². The fourth-order valence-electron chi connectivity index (χ4n) is 3.92. The van der Waals surface area contributed by atoms with Gasteiger partial charge in [-0.2, -0.15) is 0 Å². The molecule has 0 fully saturated rings. The number of hydrazine groups is 1. The first-order valence-electron chi connectivity index (χ1n) is 11.6. The Bertz CT molecular complexity index is 1290. The van der Waals surface area contributed by atoms with Crippen LogP contribution in [0.15, 0.2) is 79.1 Å². The summed E-state index contributed by atoms with van der Waals surface area (Å²) in [6.07, 6.45) is 3.06. The molecule has 1 aromatic heterocycles. The third-order valence-corrected chi connectivity index (χ3v) is 5.97. The predicted octanol–water partition coefficient (Wildman–Crippen LogP) is 3.64. The van der Waals surface area contributed by atoms with Crippen LogP contribution >= 0.6 is 0 Å². The second-order valence-electron chi connectivity index (χ2n) is 8.42. The first-order chi connectivity index (χ1) is 17.0. The molecule has 3 aromatic carbocycles. The van der Waals surface area contributed by atoms with E-state index >= 15 is 0 Å². The van der Waals surface area contributed by atoms with Gasteiger partial charge in [0.25, 0.3) is 11.8 Å². The molecule has 2 atom stereocenters. The lowest BCUT2D eigenvalue weighted by atomic mass is 9.99. The molecule has 180 valence electrons. The van der Waals surface area contributed by atoms with Gasteiger partial charge in [-0.15, -0.1) is 0 Å². The van der Waals surface area contributed by atoms with Crippen LogP contribution < -0.4 is 16.2 Å². The number of aliphatic hydroxyl groups excluding tert-OH is 1. The summed E-state index contributed by atoms with van der Waals surface area (Å²) in [7, 11) is 0. The molecule has 35 heavy (non-hydrogen) atoms. The third kappa shape index (κ3) is 5.56. The van der Waals surface area contributed by atoms with Crippen molar-refractivity contribution in [2.24, 2.45) is 5.84 Å². The van der Waals surface area contributed by atoms with Gasteiger partial charge in [0, 0.05) is 5.56 Å². The van der Waals surface area contributed by atoms with E-state index in [1.165, 1.54) is 0 Å². The second-order valence-corrected chi connectivity index (χ2v) is 8.42. The Hall–Kier alpha value is -4.01. The van der Waals surface area contributed by atoms with E-state index in [0.29, 0.717) is 22.3 Å². The summed E-state index contributed by atoms with van der Waals surface area (Å²) < 4.78 is 0. The summed E-state index contributed by atoms with van der Waals surface area (Å²) in [6.45, 7) is 2.14. The molecule has 0 saturated heterocycles. The SMILES string of the molecule is CCCCc1ccc(C(=O)NC(c2ccccc2)C(O)C(=O)N(N)c2ccc3nc[nH]c3c2)cc1. The number of benzene rings is 3. The molecule has 5 N–H and O–H groups in total. The average Bonchev–Trinajstić information content (AvgIpc) is 3.38. The molecular formula is C27H29N5O3. The first-order valence-corrected chi connectivity index (χ1v) is 11.6. The number of aliphatic hydroxyl groups is 1. The number of anilines is 1. The number of aryl methyl sites for hydroxylation is 1. The number of carbonyl (C=O) groups excluding carboxylic acids is 2. The van der Waals surface area contributed by atoms with E-state index in [4.69, 9.17) is 5.84 Å². The zero-order valence-corrected chi connectivity index (χ0v) is 19.5. The van der Waals surface area contributed by atoms with Crippen LogP contribution in [0.4, 0.5) is 5.69 Å². The number of nitrogens with zero attached hydrogens (tertiary/aromatic N) is 2. The summed E-state index contributed by atoms with van der Waals surface area (Å²) in [5.74, 6) is 4.94. The molecule has 2 unspecified atom stereocenters. The van der Waals surface area contributed by atoms with Gasteiger partial charge in [-0.05, 0) is 54.3 Å². The van der Waals surface area contributed by atoms with E-state index in [2.05, 4.69) is 22.2 Å². The van der Waals surface area contributed by atoms with Crippen molar-refractivity contribution >= 4 is 28.5 Å². The maximum absolute atomic E-state index is 13.2. The molecule has 0 spiro atoms. The molecule has 0 aliphatic carbocycles. The molecule has 2 amide bonds. The number of unbranched alkanes of at least 4 members (excludes halogenated alkanes) is 1. The fraction of sp³-hybridized carbons (Fsp3) is 0.222. The number of H-pyrrole nitrogens is 1. The van der Waals surface area contributed by atoms with Crippen molar-refractivity contribution in [3.63, 3.8) is 0 Å². The Morgan fingerprint density at radius 1 is 1.09 bits per heavy atom. The van der Waals surface area contributed by atoms with Crippen molar-refractivity contribution < 1.29 is 14.7 Å². The zero-order chi connectivity index (χ0) is 24.8. The molecule has 1 heterocycles. The first kappa shape index (κ1) is 24.1. The van der Waals surface area contributed by atoms with Crippen molar-refractivity contribution in [2.75, 3.05) is 5.01 Å². The smallest absolute Gasteiger partial charge is 0.272 e. The highest BCUT2D eigenvalue weighted by Crippen LogP contribution is 2.23. The van der Waals surface area contributed by atoms with Crippen LogP contribution in [0.5, 0.6) is 0 Å². The van der Waals surface area contributed by atoms with Crippen molar-refractivity contribution in [1.29, 1.82) is 0 Å². The Balaban J connectivity index is 1.54. The maximum atomic E-state index is 13.2. The maximum Gasteiger partial charge on any atom is 0.272 e. The van der Waals surface area contributed by atoms with Crippen LogP contribution in [0.2, 0.25) is 0 Å². The Morgan fingerprint density at radius 3 is 2.54 bits per heavy atom. The number of fused-ring (bicyclic) bond motifs is 1. The number of carbonyl (C=O) groups is 2. The number of hydrogen-bond acceptors (Lipinski definition) is 5. The Morgan fingerprint density at radius 2 is 1.83 bits per heavy atom. The summed E-state index contributed by atoms with van der Waals surface area (Å²) in [5.41, 5.74) is 4.00. The quantitative estimate of drug-likeness (QED) is 0.169. The molecular weight excluding hydrogens is 442 g/mol. The standard InChI is InChI=1S/C27H29N5O3/c1-2-3-7-18-10-12-20(13-11-18)26(34)31-24(19-8-5-4-6-9-19)25(33)27(35)32(28)21-14-15-22-23(16-21)30-17-29-22/h4-6,8-17,24-25,33H,2-3,7,28H2,1H3,(H,29,30)(H,31,34). The van der Waals surface area contributed by atoms with Gasteiger partial charge in [0.2, 0.25) is 0 Å². The normalized spacial score (nSPS) is 12.8. The largest absolute Gasteiger partial charge is 0.381 e. The molecule has 0 aliphatic rings. The molecule has 0 bridgehead atoms.